The SMILES string of the molecule is C[C@@H]1Oc2ccccc2C2CCC(CC2)OCC2[C@@H](NS(C)(=O)=O)CCCN2C1=O. The molecule has 1 aromatic rings. The largest absolute Gasteiger partial charge is 0.481 e. The highest BCUT2D eigenvalue weighted by atomic mass is 32.2. The minimum absolute atomic E-state index is 0.120. The number of hydrogen-bond acceptors (Lipinski definition) is 5. The molecule has 2 fully saturated rings. The number of hydrogen-bond donors (Lipinski definition) is 1. The van der Waals surface area contributed by atoms with Crippen LogP contribution in [0.4, 0.5) is 0 Å². The fourth-order valence-electron chi connectivity index (χ4n) is 5.12. The smallest absolute Gasteiger partial charge is 0.263 e. The summed E-state index contributed by atoms with van der Waals surface area (Å²) in [7, 11) is -3.39. The molecule has 30 heavy (non-hydrogen) atoms. The van der Waals surface area contributed by atoms with Gasteiger partial charge in [-0.15, -0.1) is 0 Å². The maximum absolute atomic E-state index is 13.3. The Bertz CT molecular complexity index is 866. The van der Waals surface area contributed by atoms with Crippen molar-refractivity contribution in [2.24, 2.45) is 0 Å². The molecule has 1 aliphatic carbocycles. The molecule has 0 radical (unpaired) electrons. The molecule has 0 spiro atoms. The highest BCUT2D eigenvalue weighted by Crippen LogP contribution is 2.39. The molecule has 1 amide bonds. The first-order valence-electron chi connectivity index (χ1n) is 11.0. The van der Waals surface area contributed by atoms with Gasteiger partial charge in [0.2, 0.25) is 10.0 Å². The second-order valence-electron chi connectivity index (χ2n) is 8.84. The van der Waals surface area contributed by atoms with Crippen molar-refractivity contribution in [2.45, 2.75) is 75.7 Å². The maximum Gasteiger partial charge on any atom is 0.263 e. The normalized spacial score (nSPS) is 32.8. The first kappa shape index (κ1) is 21.6. The lowest BCUT2D eigenvalue weighted by molar-refractivity contribution is -0.145. The molecule has 1 saturated heterocycles. The lowest BCUT2D eigenvalue weighted by atomic mass is 9.82. The number of piperidine rings is 1. The van der Waals surface area contributed by atoms with Crippen LogP contribution in [0, 0.1) is 0 Å². The van der Waals surface area contributed by atoms with Gasteiger partial charge in [0, 0.05) is 12.6 Å². The summed E-state index contributed by atoms with van der Waals surface area (Å²) in [5.74, 6) is 1.07. The molecule has 166 valence electrons. The summed E-state index contributed by atoms with van der Waals surface area (Å²) in [5.41, 5.74) is 1.17. The Kier molecular flexibility index (Phi) is 6.36. The van der Waals surface area contributed by atoms with E-state index in [2.05, 4.69) is 10.8 Å². The third-order valence-corrected chi connectivity index (χ3v) is 7.35. The maximum atomic E-state index is 13.3. The Morgan fingerprint density at radius 2 is 1.83 bits per heavy atom. The van der Waals surface area contributed by atoms with Gasteiger partial charge in [0.15, 0.2) is 6.10 Å². The van der Waals surface area contributed by atoms with E-state index in [1.165, 1.54) is 5.56 Å². The van der Waals surface area contributed by atoms with E-state index in [4.69, 9.17) is 9.47 Å². The van der Waals surface area contributed by atoms with Crippen LogP contribution >= 0.6 is 0 Å². The van der Waals surface area contributed by atoms with Gasteiger partial charge in [0.1, 0.15) is 5.75 Å². The van der Waals surface area contributed by atoms with Crippen molar-refractivity contribution in [3.8, 4) is 5.75 Å². The molecule has 4 aliphatic rings. The van der Waals surface area contributed by atoms with Crippen LogP contribution in [0.15, 0.2) is 24.3 Å². The van der Waals surface area contributed by atoms with E-state index in [1.807, 2.05) is 18.2 Å². The Balaban J connectivity index is 1.65. The molecule has 7 nitrogen and oxygen atoms in total. The van der Waals surface area contributed by atoms with Gasteiger partial charge in [-0.05, 0) is 63.0 Å². The van der Waals surface area contributed by atoms with Crippen molar-refractivity contribution in [2.75, 3.05) is 19.4 Å². The van der Waals surface area contributed by atoms with Crippen molar-refractivity contribution in [3.05, 3.63) is 29.8 Å². The molecule has 1 N–H and O–H groups in total. The van der Waals surface area contributed by atoms with Gasteiger partial charge >= 0.3 is 0 Å². The van der Waals surface area contributed by atoms with Gasteiger partial charge in [0.05, 0.1) is 25.0 Å². The first-order chi connectivity index (χ1) is 14.3. The standard InChI is InChI=1S/C22H32N2O5S/c1-15-22(25)24-13-5-7-19(23-30(2,26)27)20(24)14-28-17-11-9-16(10-12-17)18-6-3-4-8-21(18)29-15/h3-4,6,8,15-17,19-20,23H,5,7,9-14H2,1-2H3/t15-,16?,17?,19-,20?/m0/s1. The molecule has 8 heteroatoms. The summed E-state index contributed by atoms with van der Waals surface area (Å²) in [6.07, 6.45) is 6.05. The van der Waals surface area contributed by atoms with Crippen LogP contribution in [0.3, 0.4) is 0 Å². The van der Waals surface area contributed by atoms with Crippen LogP contribution < -0.4 is 9.46 Å². The Morgan fingerprint density at radius 1 is 1.10 bits per heavy atom. The van der Waals surface area contributed by atoms with Gasteiger partial charge < -0.3 is 14.4 Å². The number of benzene rings is 1. The summed E-state index contributed by atoms with van der Waals surface area (Å²) in [6, 6.07) is 7.34. The van der Waals surface area contributed by atoms with Crippen LogP contribution in [0.5, 0.6) is 5.75 Å². The zero-order valence-corrected chi connectivity index (χ0v) is 18.6. The quantitative estimate of drug-likeness (QED) is 0.770. The van der Waals surface area contributed by atoms with E-state index in [0.29, 0.717) is 25.5 Å². The molecule has 3 heterocycles. The van der Waals surface area contributed by atoms with Crippen molar-refractivity contribution in [1.82, 2.24) is 9.62 Å². The molecule has 1 unspecified atom stereocenters. The topological polar surface area (TPSA) is 84.9 Å². The fraction of sp³-hybridized carbons (Fsp3) is 0.682. The number of fused-ring (bicyclic) bond motifs is 5. The van der Waals surface area contributed by atoms with E-state index < -0.39 is 16.1 Å². The summed E-state index contributed by atoms with van der Waals surface area (Å²) >= 11 is 0. The molecule has 3 aliphatic heterocycles. The molecule has 3 atom stereocenters. The minimum Gasteiger partial charge on any atom is -0.481 e. The first-order valence-corrected chi connectivity index (χ1v) is 12.9. The molecule has 1 aromatic carbocycles. The Labute approximate surface area is 179 Å². The van der Waals surface area contributed by atoms with Crippen molar-refractivity contribution in [1.29, 1.82) is 0 Å². The lowest BCUT2D eigenvalue weighted by Crippen LogP contribution is -2.60. The highest BCUT2D eigenvalue weighted by molar-refractivity contribution is 7.88. The van der Waals surface area contributed by atoms with Crippen LogP contribution in [-0.2, 0) is 19.6 Å². The second kappa shape index (κ2) is 8.85. The van der Waals surface area contributed by atoms with Crippen LogP contribution in [-0.4, -0.2) is 62.9 Å². The minimum atomic E-state index is -3.39. The van der Waals surface area contributed by atoms with Crippen molar-refractivity contribution >= 4 is 15.9 Å². The average molecular weight is 437 g/mol. The number of carbonyl (C=O) groups excluding carboxylic acids is 1. The number of amides is 1. The van der Waals surface area contributed by atoms with Crippen molar-refractivity contribution < 1.29 is 22.7 Å². The summed E-state index contributed by atoms with van der Waals surface area (Å²) in [4.78, 5) is 15.1. The number of sulfonamides is 1. The van der Waals surface area contributed by atoms with Gasteiger partial charge in [-0.2, -0.15) is 0 Å². The molecule has 2 bridgehead atoms. The summed E-state index contributed by atoms with van der Waals surface area (Å²) in [6.45, 7) is 2.70. The average Bonchev–Trinajstić information content (AvgIpc) is 2.72. The number of rotatable bonds is 2. The van der Waals surface area contributed by atoms with E-state index in [1.54, 1.807) is 11.8 Å². The van der Waals surface area contributed by atoms with Gasteiger partial charge in [-0.1, -0.05) is 18.2 Å². The van der Waals surface area contributed by atoms with Crippen LogP contribution in [0.25, 0.3) is 0 Å². The van der Waals surface area contributed by atoms with E-state index >= 15 is 0 Å². The number of nitrogens with zero attached hydrogens (tertiary/aromatic N) is 1. The molecule has 5 rings (SSSR count). The second-order valence-corrected chi connectivity index (χ2v) is 10.6. The number of ether oxygens (including phenoxy) is 2. The Hall–Kier alpha value is -1.64. The van der Waals surface area contributed by atoms with Gasteiger partial charge in [-0.25, -0.2) is 13.1 Å². The summed E-state index contributed by atoms with van der Waals surface area (Å²) in [5, 5.41) is 0. The predicted octanol–water partition coefficient (Wildman–Crippen LogP) is 2.42. The number of para-hydroxylation sites is 1. The van der Waals surface area contributed by atoms with E-state index in [0.717, 1.165) is 44.1 Å². The van der Waals surface area contributed by atoms with Crippen LogP contribution in [0.2, 0.25) is 0 Å². The van der Waals surface area contributed by atoms with E-state index in [-0.39, 0.29) is 24.1 Å². The number of nitrogens with one attached hydrogen (secondary N) is 1. The third-order valence-electron chi connectivity index (χ3n) is 6.61. The fourth-order valence-corrected chi connectivity index (χ4v) is 5.95. The monoisotopic (exact) mass is 436 g/mol. The Morgan fingerprint density at radius 3 is 2.57 bits per heavy atom. The third kappa shape index (κ3) is 4.81. The molecular weight excluding hydrogens is 404 g/mol. The highest BCUT2D eigenvalue weighted by Gasteiger charge is 2.39. The van der Waals surface area contributed by atoms with Gasteiger partial charge in [0.25, 0.3) is 5.91 Å². The zero-order chi connectivity index (χ0) is 21.3. The summed E-state index contributed by atoms with van der Waals surface area (Å²) < 4.78 is 39.0. The molecular formula is C22H32N2O5S. The number of carbonyl (C=O) groups is 1. The van der Waals surface area contributed by atoms with Crippen molar-refractivity contribution in [3.63, 3.8) is 0 Å². The van der Waals surface area contributed by atoms with E-state index in [9.17, 15) is 13.2 Å². The molecule has 0 aromatic heterocycles. The predicted molar refractivity (Wildman–Crippen MR) is 114 cm³/mol. The zero-order valence-electron chi connectivity index (χ0n) is 17.7. The van der Waals surface area contributed by atoms with Gasteiger partial charge in [-0.3, -0.25) is 4.79 Å². The lowest BCUT2D eigenvalue weighted by Gasteiger charge is -2.42. The molecule has 1 saturated carbocycles. The van der Waals surface area contributed by atoms with Crippen LogP contribution in [0.1, 0.15) is 56.9 Å².